The van der Waals surface area contributed by atoms with Gasteiger partial charge < -0.3 is 0 Å². The topological polar surface area (TPSA) is 34.4 Å². The molecule has 19 heavy (non-hydrogen) atoms. The first-order valence-corrected chi connectivity index (χ1v) is 7.37. The fourth-order valence-corrected chi connectivity index (χ4v) is 3.49. The number of halogens is 1. The fourth-order valence-electron chi connectivity index (χ4n) is 1.98. The minimum atomic E-state index is 0.0791. The third-order valence-corrected chi connectivity index (χ3v) is 4.18. The Morgan fingerprint density at radius 2 is 2.37 bits per heavy atom. The molecule has 0 aromatic carbocycles. The summed E-state index contributed by atoms with van der Waals surface area (Å²) in [5.74, 6) is 0. The smallest absolute Gasteiger partial charge is 0.170 e. The van der Waals surface area contributed by atoms with Gasteiger partial charge in [0.25, 0.3) is 0 Å². The van der Waals surface area contributed by atoms with Crippen LogP contribution >= 0.6 is 23.4 Å². The Bertz CT molecular complexity index is 621. The highest BCUT2D eigenvalue weighted by Gasteiger charge is 2.19. The molecule has 1 atom stereocenters. The summed E-state index contributed by atoms with van der Waals surface area (Å²) in [5, 5.41) is 4.36. The molecule has 0 aliphatic rings. The number of fused-ring (bicyclic) bond motifs is 1. The van der Waals surface area contributed by atoms with Crippen LogP contribution in [0.15, 0.2) is 34.8 Å². The number of aldehydes is 1. The van der Waals surface area contributed by atoms with Crippen LogP contribution in [0, 0.1) is 0 Å². The molecule has 0 radical (unpaired) electrons. The molecule has 0 fully saturated rings. The fraction of sp³-hybridized carbons (Fsp3) is 0.286. The zero-order valence-electron chi connectivity index (χ0n) is 10.8. The molecule has 0 N–H and O–H groups in total. The Kier molecular flexibility index (Phi) is 4.66. The van der Waals surface area contributed by atoms with Crippen LogP contribution in [0.4, 0.5) is 0 Å². The molecule has 0 amide bonds. The molecule has 2 aromatic rings. The van der Waals surface area contributed by atoms with E-state index in [0.717, 1.165) is 28.2 Å². The van der Waals surface area contributed by atoms with E-state index in [9.17, 15) is 4.79 Å². The lowest BCUT2D eigenvalue weighted by molar-refractivity contribution is 0.111. The maximum Gasteiger partial charge on any atom is 0.170 e. The summed E-state index contributed by atoms with van der Waals surface area (Å²) in [6, 6.07) is 5.79. The zero-order chi connectivity index (χ0) is 13.8. The SMILES string of the molecule is CC/C=C(/Cl)SC(C)c1c(C=O)nn2ccccc12. The standard InChI is InChI=1S/C14H15ClN2OS/c1-3-6-13(15)19-10(2)14-11(9-18)16-17-8-5-4-7-12(14)17/h4-10H,3H2,1-2H3/b13-6-. The van der Waals surface area contributed by atoms with Crippen molar-refractivity contribution in [2.45, 2.75) is 25.5 Å². The lowest BCUT2D eigenvalue weighted by atomic mass is 10.1. The van der Waals surface area contributed by atoms with Gasteiger partial charge in [-0.3, -0.25) is 4.79 Å². The lowest BCUT2D eigenvalue weighted by Crippen LogP contribution is -1.93. The number of thioether (sulfide) groups is 1. The highest BCUT2D eigenvalue weighted by molar-refractivity contribution is 8.04. The summed E-state index contributed by atoms with van der Waals surface area (Å²) < 4.78 is 2.48. The lowest BCUT2D eigenvalue weighted by Gasteiger charge is -2.10. The van der Waals surface area contributed by atoms with E-state index < -0.39 is 0 Å². The third-order valence-electron chi connectivity index (χ3n) is 2.78. The number of nitrogens with zero attached hydrogens (tertiary/aromatic N) is 2. The summed E-state index contributed by atoms with van der Waals surface area (Å²) >= 11 is 7.69. The summed E-state index contributed by atoms with van der Waals surface area (Å²) in [6.07, 6.45) is 5.51. The number of hydrogen-bond donors (Lipinski definition) is 0. The molecular weight excluding hydrogens is 280 g/mol. The van der Waals surface area contributed by atoms with Gasteiger partial charge in [0.05, 0.1) is 9.88 Å². The van der Waals surface area contributed by atoms with Gasteiger partial charge in [-0.05, 0) is 25.5 Å². The Hall–Kier alpha value is -1.26. The van der Waals surface area contributed by atoms with E-state index in [1.165, 1.54) is 0 Å². The van der Waals surface area contributed by atoms with Crippen molar-refractivity contribution >= 4 is 35.2 Å². The number of rotatable bonds is 5. The third kappa shape index (κ3) is 3.01. The largest absolute Gasteiger partial charge is 0.296 e. The molecule has 0 saturated carbocycles. The van der Waals surface area contributed by atoms with Gasteiger partial charge in [0.1, 0.15) is 5.69 Å². The first kappa shape index (κ1) is 14.2. The van der Waals surface area contributed by atoms with Crippen LogP contribution in [-0.2, 0) is 0 Å². The number of hydrogen-bond acceptors (Lipinski definition) is 3. The number of allylic oxidation sites excluding steroid dienone is 1. The van der Waals surface area contributed by atoms with Gasteiger partial charge in [-0.15, -0.1) is 11.8 Å². The van der Waals surface area contributed by atoms with Gasteiger partial charge in [-0.25, -0.2) is 4.52 Å². The van der Waals surface area contributed by atoms with Crippen LogP contribution in [0.3, 0.4) is 0 Å². The molecule has 100 valence electrons. The Morgan fingerprint density at radius 3 is 3.05 bits per heavy atom. The monoisotopic (exact) mass is 294 g/mol. The summed E-state index contributed by atoms with van der Waals surface area (Å²) in [7, 11) is 0. The maximum absolute atomic E-state index is 11.2. The molecule has 2 heterocycles. The molecule has 0 saturated heterocycles. The van der Waals surface area contributed by atoms with Crippen molar-refractivity contribution in [3.8, 4) is 0 Å². The second kappa shape index (κ2) is 6.26. The molecule has 0 spiro atoms. The second-order valence-corrected chi connectivity index (χ2v) is 6.14. The maximum atomic E-state index is 11.2. The zero-order valence-corrected chi connectivity index (χ0v) is 12.4. The van der Waals surface area contributed by atoms with Crippen LogP contribution in [0.1, 0.15) is 41.6 Å². The van der Waals surface area contributed by atoms with E-state index in [1.807, 2.05) is 44.3 Å². The predicted octanol–water partition coefficient (Wildman–Crippen LogP) is 4.43. The van der Waals surface area contributed by atoms with Crippen molar-refractivity contribution in [2.24, 2.45) is 0 Å². The van der Waals surface area contributed by atoms with Gasteiger partial charge in [-0.1, -0.05) is 30.7 Å². The minimum absolute atomic E-state index is 0.0791. The number of pyridine rings is 1. The Balaban J connectivity index is 2.42. The first-order valence-electron chi connectivity index (χ1n) is 6.12. The van der Waals surface area contributed by atoms with E-state index in [0.29, 0.717) is 5.69 Å². The number of aromatic nitrogens is 2. The number of carbonyl (C=O) groups excluding carboxylic acids is 1. The predicted molar refractivity (Wildman–Crippen MR) is 80.8 cm³/mol. The minimum Gasteiger partial charge on any atom is -0.296 e. The van der Waals surface area contributed by atoms with Crippen LogP contribution < -0.4 is 0 Å². The van der Waals surface area contributed by atoms with Crippen molar-refractivity contribution in [1.82, 2.24) is 9.61 Å². The van der Waals surface area contributed by atoms with E-state index in [2.05, 4.69) is 5.10 Å². The summed E-state index contributed by atoms with van der Waals surface area (Å²) in [5.41, 5.74) is 2.36. The van der Waals surface area contributed by atoms with Crippen molar-refractivity contribution in [3.63, 3.8) is 0 Å². The highest BCUT2D eigenvalue weighted by Crippen LogP contribution is 2.39. The molecule has 2 rings (SSSR count). The molecule has 0 aliphatic carbocycles. The van der Waals surface area contributed by atoms with E-state index in [1.54, 1.807) is 16.3 Å². The molecule has 0 aliphatic heterocycles. The van der Waals surface area contributed by atoms with Crippen LogP contribution in [0.2, 0.25) is 0 Å². The normalized spacial score (nSPS) is 13.7. The van der Waals surface area contributed by atoms with Gasteiger partial charge in [-0.2, -0.15) is 5.10 Å². The summed E-state index contributed by atoms with van der Waals surface area (Å²) in [4.78, 5) is 11.2. The Labute approximate surface area is 121 Å². The molecule has 5 heteroatoms. The average Bonchev–Trinajstić information content (AvgIpc) is 2.77. The summed E-state index contributed by atoms with van der Waals surface area (Å²) in [6.45, 7) is 4.08. The van der Waals surface area contributed by atoms with E-state index >= 15 is 0 Å². The second-order valence-electron chi connectivity index (χ2n) is 4.12. The molecule has 1 unspecified atom stereocenters. The molecule has 2 aromatic heterocycles. The van der Waals surface area contributed by atoms with Gasteiger partial charge in [0.2, 0.25) is 0 Å². The van der Waals surface area contributed by atoms with Crippen molar-refractivity contribution < 1.29 is 4.79 Å². The highest BCUT2D eigenvalue weighted by atomic mass is 35.5. The van der Waals surface area contributed by atoms with Crippen molar-refractivity contribution in [3.05, 3.63) is 46.1 Å². The quantitative estimate of drug-likeness (QED) is 0.765. The van der Waals surface area contributed by atoms with Crippen LogP contribution in [0.5, 0.6) is 0 Å². The van der Waals surface area contributed by atoms with E-state index in [4.69, 9.17) is 11.6 Å². The molecule has 0 bridgehead atoms. The van der Waals surface area contributed by atoms with Crippen LogP contribution in [0.25, 0.3) is 5.52 Å². The Morgan fingerprint density at radius 1 is 1.58 bits per heavy atom. The average molecular weight is 295 g/mol. The molecular formula is C14H15ClN2OS. The van der Waals surface area contributed by atoms with Crippen LogP contribution in [-0.4, -0.2) is 15.9 Å². The van der Waals surface area contributed by atoms with Gasteiger partial charge >= 0.3 is 0 Å². The van der Waals surface area contributed by atoms with Crippen molar-refractivity contribution in [1.29, 1.82) is 0 Å². The molecule has 3 nitrogen and oxygen atoms in total. The van der Waals surface area contributed by atoms with Gasteiger partial charge in [0.15, 0.2) is 6.29 Å². The van der Waals surface area contributed by atoms with Crippen molar-refractivity contribution in [2.75, 3.05) is 0 Å². The first-order chi connectivity index (χ1) is 9.17. The van der Waals surface area contributed by atoms with E-state index in [-0.39, 0.29) is 5.25 Å². The number of carbonyl (C=O) groups is 1. The van der Waals surface area contributed by atoms with Gasteiger partial charge in [0, 0.05) is 17.0 Å².